The second kappa shape index (κ2) is 11.2. The highest BCUT2D eigenvalue weighted by atomic mass is 35.5. The number of hydrogen-bond donors (Lipinski definition) is 2. The number of carbonyl (C=O) groups is 4. The van der Waals surface area contributed by atoms with E-state index in [-0.39, 0.29) is 22.2 Å². The fraction of sp³-hybridized carbons (Fsp3) is 0.200. The van der Waals surface area contributed by atoms with E-state index < -0.39 is 42.9 Å². The molecule has 0 unspecified atom stereocenters. The van der Waals surface area contributed by atoms with E-state index in [2.05, 4.69) is 5.32 Å². The van der Waals surface area contributed by atoms with Gasteiger partial charge in [-0.2, -0.15) is 0 Å². The molecule has 2 aromatic carbocycles. The van der Waals surface area contributed by atoms with Gasteiger partial charge in [-0.25, -0.2) is 9.59 Å². The van der Waals surface area contributed by atoms with Gasteiger partial charge in [-0.15, -0.1) is 0 Å². The molecule has 30 heavy (non-hydrogen) atoms. The first-order chi connectivity index (χ1) is 14.3. The van der Waals surface area contributed by atoms with Gasteiger partial charge in [0, 0.05) is 5.02 Å². The minimum absolute atomic E-state index is 0.0537. The van der Waals surface area contributed by atoms with Gasteiger partial charge < -0.3 is 19.9 Å². The van der Waals surface area contributed by atoms with Gasteiger partial charge in [-0.3, -0.25) is 9.59 Å². The highest BCUT2D eigenvalue weighted by molar-refractivity contribution is 6.35. The lowest BCUT2D eigenvalue weighted by Gasteiger charge is -2.16. The Morgan fingerprint density at radius 2 is 1.70 bits per heavy atom. The first kappa shape index (κ1) is 23.2. The van der Waals surface area contributed by atoms with E-state index in [0.29, 0.717) is 5.56 Å². The summed E-state index contributed by atoms with van der Waals surface area (Å²) >= 11 is 11.7. The molecule has 158 valence electrons. The Morgan fingerprint density at radius 1 is 1.00 bits per heavy atom. The molecular weight excluding hydrogens is 437 g/mol. The Bertz CT molecular complexity index is 934. The number of ether oxygens (including phenoxy) is 2. The number of carboxylic acids is 1. The van der Waals surface area contributed by atoms with Gasteiger partial charge in [0.2, 0.25) is 0 Å². The molecule has 2 N–H and O–H groups in total. The Kier molecular flexibility index (Phi) is 8.64. The molecule has 0 bridgehead atoms. The highest BCUT2D eigenvalue weighted by Gasteiger charge is 2.26. The number of esters is 1. The lowest BCUT2D eigenvalue weighted by Crippen LogP contribution is -2.44. The molecule has 0 aromatic heterocycles. The molecule has 0 saturated carbocycles. The summed E-state index contributed by atoms with van der Waals surface area (Å²) in [6.07, 6.45) is -1.70. The van der Waals surface area contributed by atoms with Crippen LogP contribution < -0.4 is 5.32 Å². The van der Waals surface area contributed by atoms with E-state index in [9.17, 15) is 19.2 Å². The van der Waals surface area contributed by atoms with Crippen LogP contribution in [0.3, 0.4) is 0 Å². The van der Waals surface area contributed by atoms with Crippen LogP contribution in [0.4, 0.5) is 4.79 Å². The number of aliphatic carboxylic acids is 1. The number of carboxylic acid groups (broad SMARTS) is 1. The largest absolute Gasteiger partial charge is 0.481 e. The second-order valence-electron chi connectivity index (χ2n) is 6.02. The number of alkyl carbamates (subject to hydrolysis) is 1. The van der Waals surface area contributed by atoms with Crippen molar-refractivity contribution in [2.45, 2.75) is 19.1 Å². The van der Waals surface area contributed by atoms with Crippen molar-refractivity contribution < 1.29 is 33.8 Å². The average molecular weight is 454 g/mol. The summed E-state index contributed by atoms with van der Waals surface area (Å²) in [6.45, 7) is -0.846. The van der Waals surface area contributed by atoms with Crippen LogP contribution in [-0.2, 0) is 25.7 Å². The first-order valence-electron chi connectivity index (χ1n) is 8.60. The van der Waals surface area contributed by atoms with Gasteiger partial charge >= 0.3 is 18.0 Å². The number of benzene rings is 2. The third-order valence-electron chi connectivity index (χ3n) is 3.77. The van der Waals surface area contributed by atoms with Gasteiger partial charge in [0.1, 0.15) is 12.6 Å². The molecule has 10 heteroatoms. The SMILES string of the molecule is O=C(O)C[C@H](NC(=O)OCc1ccccc1)C(=O)COC(=O)c1cc(Cl)ccc1Cl. The van der Waals surface area contributed by atoms with Crippen LogP contribution in [0.25, 0.3) is 0 Å². The Morgan fingerprint density at radius 3 is 2.37 bits per heavy atom. The van der Waals surface area contributed by atoms with Crippen molar-refractivity contribution in [3.63, 3.8) is 0 Å². The zero-order valence-corrected chi connectivity index (χ0v) is 17.0. The topological polar surface area (TPSA) is 119 Å². The predicted octanol–water partition coefficient (Wildman–Crippen LogP) is 3.49. The maximum absolute atomic E-state index is 12.3. The number of carbonyl (C=O) groups excluding carboxylic acids is 3. The molecule has 0 aliphatic heterocycles. The molecule has 2 aromatic rings. The van der Waals surface area contributed by atoms with Gasteiger partial charge in [0.25, 0.3) is 0 Å². The van der Waals surface area contributed by atoms with E-state index in [4.69, 9.17) is 37.8 Å². The summed E-state index contributed by atoms with van der Waals surface area (Å²) in [4.78, 5) is 47.4. The number of ketones is 1. The number of rotatable bonds is 9. The fourth-order valence-corrected chi connectivity index (χ4v) is 2.66. The Balaban J connectivity index is 1.93. The van der Waals surface area contributed by atoms with Crippen LogP contribution in [0.5, 0.6) is 0 Å². The van der Waals surface area contributed by atoms with Crippen LogP contribution >= 0.6 is 23.2 Å². The molecule has 8 nitrogen and oxygen atoms in total. The van der Waals surface area contributed by atoms with E-state index in [0.717, 1.165) is 0 Å². The van der Waals surface area contributed by atoms with E-state index in [1.165, 1.54) is 18.2 Å². The minimum Gasteiger partial charge on any atom is -0.481 e. The fourth-order valence-electron chi connectivity index (χ4n) is 2.30. The van der Waals surface area contributed by atoms with Crippen LogP contribution in [0.1, 0.15) is 22.3 Å². The minimum atomic E-state index is -1.45. The zero-order chi connectivity index (χ0) is 22.1. The highest BCUT2D eigenvalue weighted by Crippen LogP contribution is 2.21. The van der Waals surface area contributed by atoms with Gasteiger partial charge in [-0.05, 0) is 23.8 Å². The van der Waals surface area contributed by atoms with Crippen molar-refractivity contribution >= 4 is 47.0 Å². The van der Waals surface area contributed by atoms with Crippen molar-refractivity contribution in [1.29, 1.82) is 0 Å². The molecule has 1 atom stereocenters. The lowest BCUT2D eigenvalue weighted by atomic mass is 10.1. The Labute approximate surface area is 181 Å². The number of Topliss-reactive ketones (excluding diaryl/α,β-unsaturated/α-hetero) is 1. The summed E-state index contributed by atoms with van der Waals surface area (Å²) in [5.74, 6) is -3.09. The smallest absolute Gasteiger partial charge is 0.408 e. The third-order valence-corrected chi connectivity index (χ3v) is 4.33. The predicted molar refractivity (Wildman–Crippen MR) is 108 cm³/mol. The van der Waals surface area contributed by atoms with Gasteiger partial charge in [0.05, 0.1) is 17.0 Å². The normalized spacial score (nSPS) is 11.3. The van der Waals surface area contributed by atoms with Gasteiger partial charge in [-0.1, -0.05) is 53.5 Å². The average Bonchev–Trinajstić information content (AvgIpc) is 2.72. The molecule has 0 aliphatic carbocycles. The number of amides is 1. The standard InChI is InChI=1S/C20H17Cl2NO7/c21-13-6-7-15(22)14(8-13)19(27)29-11-17(24)16(9-18(25)26)23-20(28)30-10-12-4-2-1-3-5-12/h1-8,16H,9-11H2,(H,23,28)(H,25,26)/t16-/m0/s1. The summed E-state index contributed by atoms with van der Waals surface area (Å²) < 4.78 is 9.86. The summed E-state index contributed by atoms with van der Waals surface area (Å²) in [5.41, 5.74) is 0.656. The van der Waals surface area contributed by atoms with E-state index in [1.54, 1.807) is 30.3 Å². The van der Waals surface area contributed by atoms with Crippen LogP contribution in [-0.4, -0.2) is 41.6 Å². The quantitative estimate of drug-likeness (QED) is 0.557. The summed E-state index contributed by atoms with van der Waals surface area (Å²) in [6, 6.07) is 11.4. The monoisotopic (exact) mass is 453 g/mol. The molecule has 2 rings (SSSR count). The molecule has 0 fully saturated rings. The van der Waals surface area contributed by atoms with Crippen molar-refractivity contribution in [1.82, 2.24) is 5.32 Å². The number of halogens is 2. The third kappa shape index (κ3) is 7.38. The number of hydrogen-bond acceptors (Lipinski definition) is 6. The maximum Gasteiger partial charge on any atom is 0.408 e. The molecule has 0 aliphatic rings. The first-order valence-corrected chi connectivity index (χ1v) is 9.35. The van der Waals surface area contributed by atoms with Crippen molar-refractivity contribution in [2.75, 3.05) is 6.61 Å². The van der Waals surface area contributed by atoms with Crippen LogP contribution in [0, 0.1) is 0 Å². The molecule has 0 radical (unpaired) electrons. The second-order valence-corrected chi connectivity index (χ2v) is 6.87. The molecular formula is C20H17Cl2NO7. The molecule has 0 heterocycles. The molecule has 1 amide bonds. The maximum atomic E-state index is 12.3. The summed E-state index contributed by atoms with van der Waals surface area (Å²) in [7, 11) is 0. The Hall–Kier alpha value is -3.10. The van der Waals surface area contributed by atoms with Crippen molar-refractivity contribution in [2.24, 2.45) is 0 Å². The lowest BCUT2D eigenvalue weighted by molar-refractivity contribution is -0.139. The summed E-state index contributed by atoms with van der Waals surface area (Å²) in [5, 5.41) is 11.5. The van der Waals surface area contributed by atoms with Crippen LogP contribution in [0.15, 0.2) is 48.5 Å². The molecule has 0 spiro atoms. The zero-order valence-electron chi connectivity index (χ0n) is 15.5. The molecule has 0 saturated heterocycles. The number of nitrogens with one attached hydrogen (secondary N) is 1. The van der Waals surface area contributed by atoms with E-state index in [1.807, 2.05) is 0 Å². The van der Waals surface area contributed by atoms with E-state index >= 15 is 0 Å². The van der Waals surface area contributed by atoms with Crippen LogP contribution in [0.2, 0.25) is 10.0 Å². The van der Waals surface area contributed by atoms with Crippen molar-refractivity contribution in [3.05, 3.63) is 69.7 Å². The van der Waals surface area contributed by atoms with Crippen molar-refractivity contribution in [3.8, 4) is 0 Å². The van der Waals surface area contributed by atoms with Gasteiger partial charge in [0.15, 0.2) is 12.4 Å².